The topological polar surface area (TPSA) is 63.8 Å². The van der Waals surface area contributed by atoms with E-state index in [1.165, 1.54) is 6.07 Å². The Morgan fingerprint density at radius 2 is 2.16 bits per heavy atom. The van der Waals surface area contributed by atoms with Crippen molar-refractivity contribution in [1.82, 2.24) is 15.4 Å². The first-order valence-corrected chi connectivity index (χ1v) is 6.17. The molecule has 2 rings (SSSR count). The first-order chi connectivity index (χ1) is 9.11. The van der Waals surface area contributed by atoms with Crippen molar-refractivity contribution in [3.05, 3.63) is 58.4 Å². The van der Waals surface area contributed by atoms with Gasteiger partial charge in [-0.05, 0) is 25.0 Å². The number of aryl methyl sites for hydroxylation is 1. The van der Waals surface area contributed by atoms with Crippen LogP contribution in [0.3, 0.4) is 0 Å². The standard InChI is InChI=1S/C13H14ClFN4/c1-8-6-18-12(7-17-8)11(19-16)5-9-3-2-4-10(14)13(9)15/h2-4,6-7,11,19H,5,16H2,1H3. The van der Waals surface area contributed by atoms with Gasteiger partial charge >= 0.3 is 0 Å². The first-order valence-electron chi connectivity index (χ1n) is 5.79. The summed E-state index contributed by atoms with van der Waals surface area (Å²) in [7, 11) is 0. The third kappa shape index (κ3) is 3.26. The Hall–Kier alpha value is -1.56. The number of benzene rings is 1. The van der Waals surface area contributed by atoms with E-state index in [0.29, 0.717) is 17.7 Å². The molecule has 100 valence electrons. The van der Waals surface area contributed by atoms with Gasteiger partial charge in [-0.3, -0.25) is 21.2 Å². The molecule has 0 aliphatic heterocycles. The molecule has 1 heterocycles. The summed E-state index contributed by atoms with van der Waals surface area (Å²) >= 11 is 5.75. The Bertz CT molecular complexity index is 559. The number of nitrogens with two attached hydrogens (primary N) is 1. The van der Waals surface area contributed by atoms with Gasteiger partial charge in [0.1, 0.15) is 5.82 Å². The van der Waals surface area contributed by atoms with Crippen molar-refractivity contribution < 1.29 is 4.39 Å². The molecular formula is C13H14ClFN4. The van der Waals surface area contributed by atoms with Crippen LogP contribution in [0.2, 0.25) is 5.02 Å². The van der Waals surface area contributed by atoms with Crippen LogP contribution in [-0.4, -0.2) is 9.97 Å². The third-order valence-corrected chi connectivity index (χ3v) is 3.11. The van der Waals surface area contributed by atoms with Crippen molar-refractivity contribution in [3.63, 3.8) is 0 Å². The maximum absolute atomic E-state index is 13.8. The van der Waals surface area contributed by atoms with Gasteiger partial charge < -0.3 is 0 Å². The molecule has 1 atom stereocenters. The molecule has 0 saturated heterocycles. The zero-order valence-electron chi connectivity index (χ0n) is 10.4. The van der Waals surface area contributed by atoms with Gasteiger partial charge in [-0.2, -0.15) is 0 Å². The zero-order chi connectivity index (χ0) is 13.8. The summed E-state index contributed by atoms with van der Waals surface area (Å²) in [6.07, 6.45) is 3.62. The molecule has 1 aromatic heterocycles. The van der Waals surface area contributed by atoms with Crippen molar-refractivity contribution in [2.24, 2.45) is 5.84 Å². The molecule has 3 N–H and O–H groups in total. The summed E-state index contributed by atoms with van der Waals surface area (Å²) in [5.74, 6) is 5.08. The fourth-order valence-corrected chi connectivity index (χ4v) is 1.95. The minimum Gasteiger partial charge on any atom is -0.271 e. The first kappa shape index (κ1) is 13.9. The molecule has 1 aromatic carbocycles. The Balaban J connectivity index is 2.24. The molecule has 2 aromatic rings. The van der Waals surface area contributed by atoms with Gasteiger partial charge in [-0.15, -0.1) is 0 Å². The smallest absolute Gasteiger partial charge is 0.145 e. The van der Waals surface area contributed by atoms with Gasteiger partial charge in [0, 0.05) is 6.20 Å². The van der Waals surface area contributed by atoms with Crippen LogP contribution in [0.4, 0.5) is 4.39 Å². The highest BCUT2D eigenvalue weighted by atomic mass is 35.5. The van der Waals surface area contributed by atoms with E-state index in [1.54, 1.807) is 24.5 Å². The van der Waals surface area contributed by atoms with E-state index in [4.69, 9.17) is 17.4 Å². The molecule has 0 spiro atoms. The van der Waals surface area contributed by atoms with Crippen molar-refractivity contribution in [1.29, 1.82) is 0 Å². The second kappa shape index (κ2) is 6.06. The fourth-order valence-electron chi connectivity index (χ4n) is 1.76. The molecule has 0 aliphatic rings. The molecule has 0 amide bonds. The monoisotopic (exact) mass is 280 g/mol. The largest absolute Gasteiger partial charge is 0.271 e. The van der Waals surface area contributed by atoms with Crippen LogP contribution < -0.4 is 11.3 Å². The molecule has 0 aliphatic carbocycles. The number of hydrogen-bond acceptors (Lipinski definition) is 4. The van der Waals surface area contributed by atoms with E-state index in [0.717, 1.165) is 5.69 Å². The van der Waals surface area contributed by atoms with E-state index in [9.17, 15) is 4.39 Å². The molecule has 4 nitrogen and oxygen atoms in total. The van der Waals surface area contributed by atoms with Crippen LogP contribution >= 0.6 is 11.6 Å². The lowest BCUT2D eigenvalue weighted by Crippen LogP contribution is -2.30. The normalized spacial score (nSPS) is 12.4. The van der Waals surface area contributed by atoms with Crippen molar-refractivity contribution >= 4 is 11.6 Å². The van der Waals surface area contributed by atoms with E-state index in [2.05, 4.69) is 15.4 Å². The average Bonchev–Trinajstić information content (AvgIpc) is 2.42. The minimum atomic E-state index is -0.426. The number of nitrogens with one attached hydrogen (secondary N) is 1. The summed E-state index contributed by atoms with van der Waals surface area (Å²) in [6.45, 7) is 1.85. The van der Waals surface area contributed by atoms with Crippen LogP contribution in [0, 0.1) is 12.7 Å². The van der Waals surface area contributed by atoms with Gasteiger partial charge in [0.05, 0.1) is 28.6 Å². The van der Waals surface area contributed by atoms with Crippen molar-refractivity contribution in [3.8, 4) is 0 Å². The van der Waals surface area contributed by atoms with Gasteiger partial charge in [-0.25, -0.2) is 4.39 Å². The summed E-state index contributed by atoms with van der Waals surface area (Å²) in [4.78, 5) is 8.39. The number of halogens is 2. The number of rotatable bonds is 4. The second-order valence-electron chi connectivity index (χ2n) is 4.22. The van der Waals surface area contributed by atoms with Crippen molar-refractivity contribution in [2.75, 3.05) is 0 Å². The van der Waals surface area contributed by atoms with E-state index < -0.39 is 5.82 Å². The number of nitrogens with zero attached hydrogens (tertiary/aromatic N) is 2. The highest BCUT2D eigenvalue weighted by Crippen LogP contribution is 2.22. The lowest BCUT2D eigenvalue weighted by Gasteiger charge is -2.15. The molecule has 0 fully saturated rings. The lowest BCUT2D eigenvalue weighted by atomic mass is 10.0. The Morgan fingerprint density at radius 1 is 1.37 bits per heavy atom. The third-order valence-electron chi connectivity index (χ3n) is 2.81. The highest BCUT2D eigenvalue weighted by molar-refractivity contribution is 6.30. The zero-order valence-corrected chi connectivity index (χ0v) is 11.2. The summed E-state index contributed by atoms with van der Waals surface area (Å²) in [6, 6.07) is 4.57. The van der Waals surface area contributed by atoms with Gasteiger partial charge in [-0.1, -0.05) is 23.7 Å². The Morgan fingerprint density at radius 3 is 2.79 bits per heavy atom. The molecule has 0 bridgehead atoms. The summed E-state index contributed by atoms with van der Waals surface area (Å²) in [5.41, 5.74) is 4.58. The number of hydrogen-bond donors (Lipinski definition) is 2. The van der Waals surface area contributed by atoms with Crippen LogP contribution in [0.25, 0.3) is 0 Å². The number of hydrazine groups is 1. The molecule has 6 heteroatoms. The van der Waals surface area contributed by atoms with E-state index >= 15 is 0 Å². The van der Waals surface area contributed by atoms with Crippen LogP contribution in [0.5, 0.6) is 0 Å². The van der Waals surface area contributed by atoms with Crippen LogP contribution in [0.1, 0.15) is 23.0 Å². The molecular weight excluding hydrogens is 267 g/mol. The van der Waals surface area contributed by atoms with Gasteiger partial charge in [0.25, 0.3) is 0 Å². The Labute approximate surface area is 115 Å². The predicted molar refractivity (Wildman–Crippen MR) is 71.9 cm³/mol. The molecule has 0 saturated carbocycles. The quantitative estimate of drug-likeness (QED) is 0.666. The SMILES string of the molecule is Cc1cnc(C(Cc2cccc(Cl)c2F)NN)cn1. The molecule has 0 radical (unpaired) electrons. The Kier molecular flexibility index (Phi) is 4.42. The fraction of sp³-hybridized carbons (Fsp3) is 0.231. The number of aromatic nitrogens is 2. The minimum absolute atomic E-state index is 0.100. The average molecular weight is 281 g/mol. The van der Waals surface area contributed by atoms with Crippen molar-refractivity contribution in [2.45, 2.75) is 19.4 Å². The predicted octanol–water partition coefficient (Wildman–Crippen LogP) is 2.32. The molecule has 19 heavy (non-hydrogen) atoms. The lowest BCUT2D eigenvalue weighted by molar-refractivity contribution is 0.517. The molecule has 1 unspecified atom stereocenters. The van der Waals surface area contributed by atoms with Crippen LogP contribution in [0.15, 0.2) is 30.6 Å². The van der Waals surface area contributed by atoms with Crippen LogP contribution in [-0.2, 0) is 6.42 Å². The summed E-state index contributed by atoms with van der Waals surface area (Å²) in [5, 5.41) is 0.100. The maximum atomic E-state index is 13.8. The highest BCUT2D eigenvalue weighted by Gasteiger charge is 2.16. The van der Waals surface area contributed by atoms with E-state index in [1.807, 2.05) is 6.92 Å². The second-order valence-corrected chi connectivity index (χ2v) is 4.63. The van der Waals surface area contributed by atoms with Gasteiger partial charge in [0.15, 0.2) is 0 Å². The maximum Gasteiger partial charge on any atom is 0.145 e. The van der Waals surface area contributed by atoms with Gasteiger partial charge in [0.2, 0.25) is 0 Å². The van der Waals surface area contributed by atoms with E-state index in [-0.39, 0.29) is 11.1 Å². The summed E-state index contributed by atoms with van der Waals surface area (Å²) < 4.78 is 13.8.